The third kappa shape index (κ3) is 3.09. The molecule has 0 aliphatic carbocycles. The number of para-hydroxylation sites is 1. The minimum absolute atomic E-state index is 0.0357. The quantitative estimate of drug-likeness (QED) is 0.705. The summed E-state index contributed by atoms with van der Waals surface area (Å²) in [6.45, 7) is 5.76. The van der Waals surface area contributed by atoms with Gasteiger partial charge < -0.3 is 4.52 Å². The predicted molar refractivity (Wildman–Crippen MR) is 87.6 cm³/mol. The van der Waals surface area contributed by atoms with Crippen LogP contribution in [-0.2, 0) is 15.6 Å². The second-order valence-electron chi connectivity index (χ2n) is 5.79. The molecule has 0 saturated heterocycles. The molecule has 0 bridgehead atoms. The zero-order chi connectivity index (χ0) is 17.3. The Hall–Kier alpha value is -2.48. The summed E-state index contributed by atoms with van der Waals surface area (Å²) in [7, 11) is -3.72. The van der Waals surface area contributed by atoms with Crippen LogP contribution in [0.5, 0.6) is 0 Å². The van der Waals surface area contributed by atoms with Gasteiger partial charge in [0, 0.05) is 12.4 Å². The number of rotatable bonds is 5. The Balaban J connectivity index is 2.05. The van der Waals surface area contributed by atoms with Crippen LogP contribution >= 0.6 is 0 Å². The van der Waals surface area contributed by atoms with Crippen molar-refractivity contribution in [3.05, 3.63) is 53.9 Å². The van der Waals surface area contributed by atoms with Crippen LogP contribution in [0.15, 0.2) is 46.3 Å². The van der Waals surface area contributed by atoms with Gasteiger partial charge in [-0.2, -0.15) is 4.98 Å². The van der Waals surface area contributed by atoms with E-state index in [9.17, 15) is 8.42 Å². The van der Waals surface area contributed by atoms with Crippen LogP contribution in [0.3, 0.4) is 0 Å². The molecule has 0 atom stereocenters. The summed E-state index contributed by atoms with van der Waals surface area (Å²) >= 11 is 0. The standard InChI is InChI=1S/C16H18N4O3S/c1-11(2)13-6-4-5-7-14(13)20-9-8-17-16(20)24(21,22)10-15-18-12(3)19-23-15/h4-9,11H,10H2,1-3H3. The maximum Gasteiger partial charge on any atom is 0.242 e. The number of hydrogen-bond donors (Lipinski definition) is 0. The molecule has 3 aromatic rings. The van der Waals surface area contributed by atoms with Gasteiger partial charge in [0.15, 0.2) is 5.82 Å². The molecule has 0 N–H and O–H groups in total. The second-order valence-corrected chi connectivity index (χ2v) is 7.67. The Morgan fingerprint density at radius 2 is 2.00 bits per heavy atom. The smallest absolute Gasteiger partial charge is 0.242 e. The number of sulfone groups is 1. The van der Waals surface area contributed by atoms with Gasteiger partial charge in [-0.05, 0) is 24.5 Å². The molecule has 0 amide bonds. The third-order valence-electron chi connectivity index (χ3n) is 3.59. The topological polar surface area (TPSA) is 90.9 Å². The van der Waals surface area contributed by atoms with Crippen molar-refractivity contribution in [2.45, 2.75) is 37.6 Å². The average Bonchev–Trinajstić information content (AvgIpc) is 3.16. The van der Waals surface area contributed by atoms with Crippen LogP contribution in [0.2, 0.25) is 0 Å². The highest BCUT2D eigenvalue weighted by molar-refractivity contribution is 7.90. The van der Waals surface area contributed by atoms with E-state index in [1.165, 1.54) is 6.20 Å². The van der Waals surface area contributed by atoms with Gasteiger partial charge in [-0.3, -0.25) is 4.57 Å². The van der Waals surface area contributed by atoms with Crippen molar-refractivity contribution in [1.82, 2.24) is 19.7 Å². The lowest BCUT2D eigenvalue weighted by Crippen LogP contribution is -2.13. The molecule has 0 fully saturated rings. The van der Waals surface area contributed by atoms with E-state index in [4.69, 9.17) is 4.52 Å². The van der Waals surface area contributed by atoms with Crippen LogP contribution in [0.25, 0.3) is 5.69 Å². The molecule has 1 aromatic carbocycles. The number of benzene rings is 1. The number of aryl methyl sites for hydroxylation is 1. The normalized spacial score (nSPS) is 12.0. The highest BCUT2D eigenvalue weighted by Crippen LogP contribution is 2.26. The van der Waals surface area contributed by atoms with E-state index in [0.717, 1.165) is 11.3 Å². The highest BCUT2D eigenvalue weighted by atomic mass is 32.2. The number of aromatic nitrogens is 4. The van der Waals surface area contributed by atoms with E-state index in [-0.39, 0.29) is 22.7 Å². The lowest BCUT2D eigenvalue weighted by atomic mass is 10.0. The first-order valence-electron chi connectivity index (χ1n) is 7.53. The number of hydrogen-bond acceptors (Lipinski definition) is 6. The van der Waals surface area contributed by atoms with E-state index < -0.39 is 9.84 Å². The molecule has 7 nitrogen and oxygen atoms in total. The molecule has 0 saturated carbocycles. The van der Waals surface area contributed by atoms with Gasteiger partial charge in [-0.15, -0.1) is 0 Å². The fourth-order valence-electron chi connectivity index (χ4n) is 2.52. The molecule has 0 aliphatic heterocycles. The predicted octanol–water partition coefficient (Wildman–Crippen LogP) is 2.66. The molecule has 0 unspecified atom stereocenters. The molecule has 126 valence electrons. The summed E-state index contributed by atoms with van der Waals surface area (Å²) in [5.41, 5.74) is 1.84. The Kier molecular flexibility index (Phi) is 4.23. The van der Waals surface area contributed by atoms with Gasteiger partial charge in [0.25, 0.3) is 0 Å². The first-order valence-corrected chi connectivity index (χ1v) is 9.18. The Labute approximate surface area is 140 Å². The Bertz CT molecular complexity index is 957. The molecular formula is C16H18N4O3S. The van der Waals surface area contributed by atoms with Crippen molar-refractivity contribution in [3.63, 3.8) is 0 Å². The van der Waals surface area contributed by atoms with E-state index in [2.05, 4.69) is 29.0 Å². The largest absolute Gasteiger partial charge is 0.338 e. The van der Waals surface area contributed by atoms with Crippen molar-refractivity contribution in [2.75, 3.05) is 0 Å². The molecule has 2 aromatic heterocycles. The molecule has 8 heteroatoms. The highest BCUT2D eigenvalue weighted by Gasteiger charge is 2.25. The van der Waals surface area contributed by atoms with Gasteiger partial charge in [-0.1, -0.05) is 37.2 Å². The lowest BCUT2D eigenvalue weighted by molar-refractivity contribution is 0.384. The van der Waals surface area contributed by atoms with Crippen molar-refractivity contribution in [2.24, 2.45) is 0 Å². The number of nitrogens with zero attached hydrogens (tertiary/aromatic N) is 4. The zero-order valence-electron chi connectivity index (χ0n) is 13.7. The maximum atomic E-state index is 12.7. The van der Waals surface area contributed by atoms with Crippen molar-refractivity contribution in [3.8, 4) is 5.69 Å². The van der Waals surface area contributed by atoms with Gasteiger partial charge in [0.2, 0.25) is 20.9 Å². The average molecular weight is 346 g/mol. The summed E-state index contributed by atoms with van der Waals surface area (Å²) < 4.78 is 32.0. The monoisotopic (exact) mass is 346 g/mol. The molecule has 2 heterocycles. The van der Waals surface area contributed by atoms with Crippen LogP contribution in [0, 0.1) is 6.92 Å². The minimum atomic E-state index is -3.72. The molecule has 3 rings (SSSR count). The summed E-state index contributed by atoms with van der Waals surface area (Å²) in [6, 6.07) is 7.68. The van der Waals surface area contributed by atoms with E-state index >= 15 is 0 Å². The first kappa shape index (κ1) is 16.4. The summed E-state index contributed by atoms with van der Waals surface area (Å²) in [5, 5.41) is 3.59. The van der Waals surface area contributed by atoms with E-state index in [0.29, 0.717) is 5.82 Å². The first-order chi connectivity index (χ1) is 11.4. The second kappa shape index (κ2) is 6.20. The van der Waals surface area contributed by atoms with Gasteiger partial charge in [0.05, 0.1) is 5.69 Å². The molecule has 0 spiro atoms. The summed E-state index contributed by atoms with van der Waals surface area (Å²) in [4.78, 5) is 8.01. The van der Waals surface area contributed by atoms with Crippen LogP contribution in [0.4, 0.5) is 0 Å². The van der Waals surface area contributed by atoms with Crippen molar-refractivity contribution < 1.29 is 12.9 Å². The third-order valence-corrected chi connectivity index (χ3v) is 5.07. The SMILES string of the molecule is Cc1noc(CS(=O)(=O)c2nccn2-c2ccccc2C(C)C)n1. The van der Waals surface area contributed by atoms with E-state index in [1.807, 2.05) is 24.3 Å². The fourth-order valence-corrected chi connectivity index (χ4v) is 3.78. The fraction of sp³-hybridized carbons (Fsp3) is 0.312. The molecular weight excluding hydrogens is 328 g/mol. The lowest BCUT2D eigenvalue weighted by Gasteiger charge is -2.15. The van der Waals surface area contributed by atoms with Crippen LogP contribution in [-0.4, -0.2) is 28.1 Å². The maximum absolute atomic E-state index is 12.7. The zero-order valence-corrected chi connectivity index (χ0v) is 14.5. The van der Waals surface area contributed by atoms with Crippen molar-refractivity contribution >= 4 is 9.84 Å². The van der Waals surface area contributed by atoms with Gasteiger partial charge in [-0.25, -0.2) is 13.4 Å². The Morgan fingerprint density at radius 1 is 1.25 bits per heavy atom. The van der Waals surface area contributed by atoms with Gasteiger partial charge >= 0.3 is 0 Å². The molecule has 0 radical (unpaired) electrons. The number of imidazole rings is 1. The van der Waals surface area contributed by atoms with Crippen molar-refractivity contribution in [1.29, 1.82) is 0 Å². The summed E-state index contributed by atoms with van der Waals surface area (Å²) in [5.74, 6) is 0.319. The summed E-state index contributed by atoms with van der Waals surface area (Å²) in [6.07, 6.45) is 3.12. The van der Waals surface area contributed by atoms with E-state index in [1.54, 1.807) is 17.7 Å². The van der Waals surface area contributed by atoms with Crippen LogP contribution < -0.4 is 0 Å². The van der Waals surface area contributed by atoms with Gasteiger partial charge in [0.1, 0.15) is 5.75 Å². The van der Waals surface area contributed by atoms with Crippen LogP contribution in [0.1, 0.15) is 37.0 Å². The Morgan fingerprint density at radius 3 is 2.67 bits per heavy atom. The minimum Gasteiger partial charge on any atom is -0.338 e. The molecule has 0 aliphatic rings. The molecule has 24 heavy (non-hydrogen) atoms.